The highest BCUT2D eigenvalue weighted by Crippen LogP contribution is 2.27. The maximum atomic E-state index is 12.1. The zero-order chi connectivity index (χ0) is 16.4. The minimum Gasteiger partial charge on any atom is -0.423 e. The van der Waals surface area contributed by atoms with Gasteiger partial charge in [-0.15, -0.1) is 0 Å². The molecule has 0 aliphatic carbocycles. The van der Waals surface area contributed by atoms with E-state index < -0.39 is 5.97 Å². The van der Waals surface area contributed by atoms with Gasteiger partial charge in [-0.05, 0) is 24.3 Å². The molecule has 0 bridgehead atoms. The highest BCUT2D eigenvalue weighted by Gasteiger charge is 2.30. The van der Waals surface area contributed by atoms with Crippen molar-refractivity contribution in [1.29, 1.82) is 0 Å². The number of esters is 1. The summed E-state index contributed by atoms with van der Waals surface area (Å²) >= 11 is 5.96. The summed E-state index contributed by atoms with van der Waals surface area (Å²) < 4.78 is 5.28. The highest BCUT2D eigenvalue weighted by molar-refractivity contribution is 6.33. The molecule has 0 aromatic heterocycles. The SMILES string of the molecule is O=C(Oc1cccc(N2C(=O)CCC2=O)c1)c1ccccc1Cl. The number of imide groups is 1. The Morgan fingerprint density at radius 1 is 1.00 bits per heavy atom. The highest BCUT2D eigenvalue weighted by atomic mass is 35.5. The van der Waals surface area contributed by atoms with Gasteiger partial charge in [0.15, 0.2) is 0 Å². The van der Waals surface area contributed by atoms with Crippen LogP contribution in [0.3, 0.4) is 0 Å². The quantitative estimate of drug-likeness (QED) is 0.493. The Hall–Kier alpha value is -2.66. The largest absolute Gasteiger partial charge is 0.423 e. The predicted molar refractivity (Wildman–Crippen MR) is 84.6 cm³/mol. The second kappa shape index (κ2) is 6.22. The van der Waals surface area contributed by atoms with Crippen molar-refractivity contribution in [2.75, 3.05) is 4.90 Å². The molecule has 2 amide bonds. The van der Waals surface area contributed by atoms with Crippen molar-refractivity contribution < 1.29 is 19.1 Å². The van der Waals surface area contributed by atoms with Crippen molar-refractivity contribution in [3.8, 4) is 5.75 Å². The van der Waals surface area contributed by atoms with E-state index in [4.69, 9.17) is 16.3 Å². The number of benzene rings is 2. The third-order valence-electron chi connectivity index (χ3n) is 3.43. The molecule has 1 fully saturated rings. The molecule has 0 N–H and O–H groups in total. The van der Waals surface area contributed by atoms with Crippen molar-refractivity contribution in [3.05, 3.63) is 59.1 Å². The number of nitrogens with zero attached hydrogens (tertiary/aromatic N) is 1. The topological polar surface area (TPSA) is 63.7 Å². The van der Waals surface area contributed by atoms with E-state index in [1.54, 1.807) is 42.5 Å². The summed E-state index contributed by atoms with van der Waals surface area (Å²) in [5.74, 6) is -0.888. The molecule has 1 aliphatic rings. The van der Waals surface area contributed by atoms with E-state index in [0.717, 1.165) is 4.90 Å². The minimum absolute atomic E-state index is 0.197. The fourth-order valence-electron chi connectivity index (χ4n) is 2.34. The van der Waals surface area contributed by atoms with Gasteiger partial charge in [-0.3, -0.25) is 14.5 Å². The average Bonchev–Trinajstić information content (AvgIpc) is 2.87. The fraction of sp³-hybridized carbons (Fsp3) is 0.118. The fourth-order valence-corrected chi connectivity index (χ4v) is 2.55. The van der Waals surface area contributed by atoms with E-state index in [2.05, 4.69) is 0 Å². The molecule has 0 atom stereocenters. The van der Waals surface area contributed by atoms with Crippen molar-refractivity contribution >= 4 is 35.1 Å². The molecule has 2 aromatic rings. The Kier molecular flexibility index (Phi) is 4.12. The van der Waals surface area contributed by atoms with Crippen LogP contribution in [0.5, 0.6) is 5.75 Å². The summed E-state index contributed by atoms with van der Waals surface area (Å²) in [6.07, 6.45) is 0.394. The number of hydrogen-bond donors (Lipinski definition) is 0. The van der Waals surface area contributed by atoms with Crippen LogP contribution < -0.4 is 9.64 Å². The zero-order valence-electron chi connectivity index (χ0n) is 12.0. The van der Waals surface area contributed by atoms with Gasteiger partial charge in [0.25, 0.3) is 0 Å². The summed E-state index contributed by atoms with van der Waals surface area (Å²) in [6, 6.07) is 12.8. The smallest absolute Gasteiger partial charge is 0.345 e. The van der Waals surface area contributed by atoms with Gasteiger partial charge in [0.2, 0.25) is 11.8 Å². The molecular weight excluding hydrogens is 318 g/mol. The van der Waals surface area contributed by atoms with Gasteiger partial charge in [-0.2, -0.15) is 0 Å². The monoisotopic (exact) mass is 329 g/mol. The molecule has 0 unspecified atom stereocenters. The lowest BCUT2D eigenvalue weighted by Crippen LogP contribution is -2.28. The predicted octanol–water partition coefficient (Wildman–Crippen LogP) is 3.21. The summed E-state index contributed by atoms with van der Waals surface area (Å²) in [6.45, 7) is 0. The maximum Gasteiger partial charge on any atom is 0.345 e. The average molecular weight is 330 g/mol. The molecule has 2 aromatic carbocycles. The molecule has 1 aliphatic heterocycles. The zero-order valence-corrected chi connectivity index (χ0v) is 12.7. The van der Waals surface area contributed by atoms with Gasteiger partial charge < -0.3 is 4.74 Å². The molecule has 1 saturated heterocycles. The van der Waals surface area contributed by atoms with E-state index in [1.165, 1.54) is 6.07 Å². The number of hydrogen-bond acceptors (Lipinski definition) is 4. The Morgan fingerprint density at radius 2 is 1.70 bits per heavy atom. The first kappa shape index (κ1) is 15.2. The summed E-state index contributed by atoms with van der Waals surface area (Å²) in [7, 11) is 0. The van der Waals surface area contributed by atoms with Crippen LogP contribution in [0, 0.1) is 0 Å². The van der Waals surface area contributed by atoms with Crippen LogP contribution in [0.15, 0.2) is 48.5 Å². The van der Waals surface area contributed by atoms with Crippen molar-refractivity contribution in [1.82, 2.24) is 0 Å². The first-order chi connectivity index (χ1) is 11.1. The number of carbonyl (C=O) groups is 3. The van der Waals surface area contributed by atoms with E-state index >= 15 is 0 Å². The van der Waals surface area contributed by atoms with Gasteiger partial charge in [0, 0.05) is 18.9 Å². The summed E-state index contributed by atoms with van der Waals surface area (Å²) in [5, 5.41) is 0.290. The number of halogens is 1. The first-order valence-electron chi connectivity index (χ1n) is 6.99. The van der Waals surface area contributed by atoms with Crippen LogP contribution in [0.1, 0.15) is 23.2 Å². The lowest BCUT2D eigenvalue weighted by Gasteiger charge is -2.14. The Bertz CT molecular complexity index is 787. The number of carbonyl (C=O) groups excluding carboxylic acids is 3. The molecular formula is C17H12ClNO4. The third-order valence-corrected chi connectivity index (χ3v) is 3.76. The molecule has 5 nitrogen and oxygen atoms in total. The van der Waals surface area contributed by atoms with Crippen molar-refractivity contribution in [2.24, 2.45) is 0 Å². The van der Waals surface area contributed by atoms with Crippen LogP contribution in [-0.4, -0.2) is 17.8 Å². The Balaban J connectivity index is 1.83. The van der Waals surface area contributed by atoms with Crippen LogP contribution in [-0.2, 0) is 9.59 Å². The van der Waals surface area contributed by atoms with E-state index in [0.29, 0.717) is 10.7 Å². The summed E-state index contributed by atoms with van der Waals surface area (Å²) in [5.41, 5.74) is 0.634. The standard InChI is InChI=1S/C17H12ClNO4/c18-14-7-2-1-6-13(14)17(22)23-12-5-3-4-11(10-12)19-15(20)8-9-16(19)21/h1-7,10H,8-9H2. The molecule has 116 valence electrons. The lowest BCUT2D eigenvalue weighted by atomic mass is 10.2. The van der Waals surface area contributed by atoms with E-state index in [-0.39, 0.29) is 36.0 Å². The number of anilines is 1. The molecule has 6 heteroatoms. The molecule has 0 spiro atoms. The van der Waals surface area contributed by atoms with Gasteiger partial charge in [0.05, 0.1) is 16.3 Å². The van der Waals surface area contributed by atoms with E-state index in [9.17, 15) is 14.4 Å². The first-order valence-corrected chi connectivity index (χ1v) is 7.36. The van der Waals surface area contributed by atoms with Crippen LogP contribution in [0.25, 0.3) is 0 Å². The number of amides is 2. The second-order valence-corrected chi connectivity index (χ2v) is 5.40. The van der Waals surface area contributed by atoms with Gasteiger partial charge in [-0.25, -0.2) is 4.79 Å². The molecule has 0 radical (unpaired) electrons. The molecule has 23 heavy (non-hydrogen) atoms. The van der Waals surface area contributed by atoms with Crippen LogP contribution in [0.2, 0.25) is 5.02 Å². The van der Waals surface area contributed by atoms with Crippen LogP contribution >= 0.6 is 11.6 Å². The minimum atomic E-state index is -0.605. The molecule has 3 rings (SSSR count). The summed E-state index contributed by atoms with van der Waals surface area (Å²) in [4.78, 5) is 36.8. The normalized spacial score (nSPS) is 14.2. The van der Waals surface area contributed by atoms with Gasteiger partial charge in [0.1, 0.15) is 5.75 Å². The second-order valence-electron chi connectivity index (χ2n) is 4.99. The van der Waals surface area contributed by atoms with E-state index in [1.807, 2.05) is 0 Å². The van der Waals surface area contributed by atoms with Gasteiger partial charge in [-0.1, -0.05) is 29.8 Å². The Morgan fingerprint density at radius 3 is 2.39 bits per heavy atom. The molecule has 0 saturated carbocycles. The van der Waals surface area contributed by atoms with Crippen molar-refractivity contribution in [2.45, 2.75) is 12.8 Å². The van der Waals surface area contributed by atoms with Gasteiger partial charge >= 0.3 is 5.97 Å². The number of rotatable bonds is 3. The number of ether oxygens (including phenoxy) is 1. The lowest BCUT2D eigenvalue weighted by molar-refractivity contribution is -0.121. The molecule has 1 heterocycles. The van der Waals surface area contributed by atoms with Crippen molar-refractivity contribution in [3.63, 3.8) is 0 Å². The Labute approximate surface area is 137 Å². The third kappa shape index (κ3) is 3.10. The maximum absolute atomic E-state index is 12.1. The van der Waals surface area contributed by atoms with Crippen LogP contribution in [0.4, 0.5) is 5.69 Å².